The number of benzene rings is 6. The molecule has 0 fully saturated rings. The Labute approximate surface area is 779 Å². The van der Waals surface area contributed by atoms with E-state index < -0.39 is 27.0 Å². The molecule has 15 rings (SSSR count). The van der Waals surface area contributed by atoms with Crippen molar-refractivity contribution >= 4 is 229 Å². The molecule has 9 aromatic heterocycles. The van der Waals surface area contributed by atoms with E-state index in [0.29, 0.717) is 64.9 Å². The van der Waals surface area contributed by atoms with Crippen molar-refractivity contribution in [1.82, 2.24) is 54.7 Å². The van der Waals surface area contributed by atoms with Crippen LogP contribution < -0.4 is 78.0 Å². The monoisotopic (exact) mass is 1790 g/mol. The number of hydrogen-bond acceptors (Lipinski definition) is 19. The average molecular weight is 1790 g/mol. The van der Waals surface area contributed by atoms with E-state index >= 15 is 0 Å². The third-order valence-corrected chi connectivity index (χ3v) is 19.8. The first-order valence-corrected chi connectivity index (χ1v) is 55.3. The summed E-state index contributed by atoms with van der Waals surface area (Å²) in [5.74, 6) is -1.27. The van der Waals surface area contributed by atoms with E-state index in [1.807, 2.05) is 85.1 Å². The maximum absolute atomic E-state index is 14.8. The standard InChI is InChI=1S/C29H27ClFN5.C23H12Cl2FN3.C14H9BClFN2O2.C9H5BrClN.C6H16N2.3K.HO4P/c1-3-36(4-2)15-14-33-27-10-8-20(21-11-13-32-18-25(21)27)23-17-28(24-16-19(30)7-9-26(24)31)35-29-22(23)6-5-12-34-29;24-13-3-6-21(26)18(10-13)22-11-17(16-2-1-8-28-23(16)29-22)14-4-5-20(25)19-12-27-9-7-15(14)19;16-8-3-4-12(17)10(6-8)13-7-11(15(20)21)9-2-1-5-18-14(9)19-13;10-8-1-2-9(11)7-5-12-4-3-6(7)8;1-3-8(4-2)6-5-7;;;;1-4-5(2)3/h5-13,16-18,33H,3-4,14-15H2,1-2H3;1-12H;1-7,20-21H;1-5H;3-7H2,1-2H3;;;;1H/q;;;;;;;+1;/p-1. The van der Waals surface area contributed by atoms with Crippen molar-refractivity contribution in [2.24, 2.45) is 5.73 Å². The van der Waals surface area contributed by atoms with Gasteiger partial charge in [0.05, 0.1) is 22.1 Å². The van der Waals surface area contributed by atoms with Gasteiger partial charge in [0.2, 0.25) is 0 Å². The molecule has 0 bridgehead atoms. The maximum atomic E-state index is 14.8. The van der Waals surface area contributed by atoms with Gasteiger partial charge in [0.25, 0.3) is 0 Å². The molecule has 0 aliphatic carbocycles. The molecule has 19 nitrogen and oxygen atoms in total. The van der Waals surface area contributed by atoms with Crippen LogP contribution in [0.4, 0.5) is 18.9 Å². The van der Waals surface area contributed by atoms with Gasteiger partial charge >= 0.3 is 130 Å². The molecule has 114 heavy (non-hydrogen) atoms. The molecule has 0 saturated heterocycles. The van der Waals surface area contributed by atoms with Gasteiger partial charge in [-0.15, -0.1) is 0 Å². The Hall–Kier alpha value is -4.50. The van der Waals surface area contributed by atoms with Crippen LogP contribution in [0.2, 0.25) is 25.1 Å². The summed E-state index contributed by atoms with van der Waals surface area (Å²) in [5, 5.41) is 41.9. The number of nitrogens with one attached hydrogen (secondary N) is 1. The number of hydrogen-bond donors (Lipinski definition) is 4. The molecule has 15 aromatic rings. The van der Waals surface area contributed by atoms with E-state index in [4.69, 9.17) is 78.5 Å². The van der Waals surface area contributed by atoms with E-state index in [1.165, 1.54) is 118 Å². The number of fused-ring (bicyclic) bond motifs is 6. The van der Waals surface area contributed by atoms with Crippen molar-refractivity contribution in [2.45, 2.75) is 27.7 Å². The van der Waals surface area contributed by atoms with Crippen LogP contribution in [-0.2, 0) is 9.24 Å². The number of pyridine rings is 9. The Morgan fingerprint density at radius 1 is 0.491 bits per heavy atom. The molecule has 0 spiro atoms. The number of halogens is 9. The summed E-state index contributed by atoms with van der Waals surface area (Å²) < 4.78 is 55.6. The molecule has 0 saturated carbocycles. The van der Waals surface area contributed by atoms with Crippen LogP contribution in [0.3, 0.4) is 0 Å². The fourth-order valence-corrected chi connectivity index (χ4v) is 13.5. The fraction of sp³-hybridized carbons (Fsp3) is 0.148. The molecule has 0 aliphatic rings. The van der Waals surface area contributed by atoms with Crippen molar-refractivity contribution in [3.05, 3.63) is 267 Å². The molecule has 0 radical (unpaired) electrons. The summed E-state index contributed by atoms with van der Waals surface area (Å²) >= 11 is 36.5. The summed E-state index contributed by atoms with van der Waals surface area (Å²) in [6.45, 7) is 16.6. The summed E-state index contributed by atoms with van der Waals surface area (Å²) in [7, 11) is -4.86. The molecular formula is C81H69BBrCl5F3K3N13O6P. The summed E-state index contributed by atoms with van der Waals surface area (Å²) in [5.41, 5.74) is 13.7. The Balaban J connectivity index is 0.000000187. The van der Waals surface area contributed by atoms with Crippen molar-refractivity contribution in [3.8, 4) is 56.0 Å². The number of rotatable bonds is 17. The predicted octanol–water partition coefficient (Wildman–Crippen LogP) is 14.3. The molecule has 0 amide bonds. The predicted molar refractivity (Wildman–Crippen MR) is 454 cm³/mol. The second kappa shape index (κ2) is 48.1. The Morgan fingerprint density at radius 3 is 1.30 bits per heavy atom. The van der Waals surface area contributed by atoms with Gasteiger partial charge in [0.15, 0.2) is 16.9 Å². The number of anilines is 1. The van der Waals surface area contributed by atoms with Gasteiger partial charge in [-0.2, -0.15) is 0 Å². The topological polar surface area (TPSA) is 273 Å². The number of aromatic nitrogens is 9. The normalized spacial score (nSPS) is 10.9. The molecule has 5 N–H and O–H groups in total. The second-order valence-corrected chi connectivity index (χ2v) is 27.8. The van der Waals surface area contributed by atoms with Crippen molar-refractivity contribution < 1.29 is 94.0 Å². The number of nitrogens with two attached hydrogens (primary N) is 1. The van der Waals surface area contributed by atoms with Crippen LogP contribution in [-0.4, -0.2) is 187 Å². The quantitative estimate of drug-likeness (QED) is 0.0285. The Morgan fingerprint density at radius 2 is 0.877 bits per heavy atom. The first kappa shape index (κ1) is 95.0. The SMILES string of the molecule is CCN(CC)CCN.CCN(CC)CCNc1ccc(-c2cc(-c3cc(Cl)ccc3F)nc3ncccc23)c2ccncc12.Clc1ccc(Br)c2ccncc12.Fc1ccc(Cl)cc1-c1cc(-c2ccc(Cl)c3cnccc23)c2cccnc2n1.O=[P+]([O-])O[O-].OB(O)c1cc(-c2cc(Cl)ccc2F)nc2ncccc12.[K+].[K][K]. The van der Waals surface area contributed by atoms with Gasteiger partial charge in [0, 0.05) is 167 Å². The van der Waals surface area contributed by atoms with Crippen molar-refractivity contribution in [1.29, 1.82) is 0 Å². The van der Waals surface area contributed by atoms with Crippen LogP contribution >= 0.6 is 82.2 Å². The molecule has 568 valence electrons. The van der Waals surface area contributed by atoms with Crippen molar-refractivity contribution in [3.63, 3.8) is 0 Å². The summed E-state index contributed by atoms with van der Waals surface area (Å²) in [4.78, 5) is 52.6. The molecule has 1 unspecified atom stereocenters. The molecular weight excluding hydrogens is 1720 g/mol. The van der Waals surface area contributed by atoms with Gasteiger partial charge in [0.1, 0.15) is 17.5 Å². The molecule has 9 heterocycles. The van der Waals surface area contributed by atoms with Crippen LogP contribution in [0.25, 0.3) is 121 Å². The average Bonchev–Trinajstić information content (AvgIpc) is 0.763. The van der Waals surface area contributed by atoms with Crippen LogP contribution in [0.15, 0.2) is 224 Å². The van der Waals surface area contributed by atoms with E-state index in [9.17, 15) is 23.2 Å². The van der Waals surface area contributed by atoms with Crippen LogP contribution in [0.1, 0.15) is 27.7 Å². The van der Waals surface area contributed by atoms with Gasteiger partial charge < -0.3 is 41.0 Å². The molecule has 33 heteroatoms. The minimum atomic E-state index is -3.15. The number of likely N-dealkylation sites (N-methyl/N-ethyl adjacent to an activating group) is 2. The van der Waals surface area contributed by atoms with Gasteiger partial charge in [-0.3, -0.25) is 15.0 Å². The molecule has 1 atom stereocenters. The zero-order valence-corrected chi connectivity index (χ0v) is 78.5. The first-order valence-electron chi connectivity index (χ1n) is 35.6. The van der Waals surface area contributed by atoms with E-state index in [2.05, 4.69) is 120 Å². The zero-order valence-electron chi connectivity index (χ0n) is 62.9. The van der Waals surface area contributed by atoms with E-state index in [0.717, 1.165) is 133 Å². The third kappa shape index (κ3) is 25.5. The van der Waals surface area contributed by atoms with Crippen molar-refractivity contribution in [2.75, 3.05) is 57.7 Å². The Kier molecular flexibility index (Phi) is 40.1. The molecule has 6 aromatic carbocycles. The fourth-order valence-electron chi connectivity index (χ4n) is 12.1. The Bertz CT molecular complexity index is 5760. The summed E-state index contributed by atoms with van der Waals surface area (Å²) in [6.07, 6.45) is 15.6. The number of nitrogens with zero attached hydrogens (tertiary/aromatic N) is 11. The zero-order chi connectivity index (χ0) is 81.3. The van der Waals surface area contributed by atoms with Crippen LogP contribution in [0.5, 0.6) is 0 Å². The minimum absolute atomic E-state index is 0. The van der Waals surface area contributed by atoms with E-state index in [-0.39, 0.29) is 73.9 Å². The van der Waals surface area contributed by atoms with E-state index in [1.54, 1.807) is 67.6 Å². The van der Waals surface area contributed by atoms with Gasteiger partial charge in [-0.25, -0.2) is 47.7 Å². The van der Waals surface area contributed by atoms with Crippen LogP contribution in [0, 0.1) is 17.5 Å². The van der Waals surface area contributed by atoms with Gasteiger partial charge in [-0.1, -0.05) is 120 Å². The third-order valence-electron chi connectivity index (χ3n) is 17.6. The summed E-state index contributed by atoms with van der Waals surface area (Å²) in [6, 6.07) is 46.9. The van der Waals surface area contributed by atoms with Gasteiger partial charge in [-0.05, 0) is 215 Å². The first-order chi connectivity index (χ1) is 54.7. The molecule has 0 aliphatic heterocycles. The second-order valence-electron chi connectivity index (χ2n) is 24.2.